The maximum Gasteiger partial charge on any atom is 0.157 e. The van der Waals surface area contributed by atoms with E-state index in [-0.39, 0.29) is 23.0 Å². The predicted molar refractivity (Wildman–Crippen MR) is 96.6 cm³/mol. The zero-order valence-corrected chi connectivity index (χ0v) is 14.8. The fraction of sp³-hybridized carbons (Fsp3) is 0.400. The van der Waals surface area contributed by atoms with Gasteiger partial charge in [-0.25, -0.2) is 0 Å². The number of rotatable bonds is 5. The first-order valence-electron chi connectivity index (χ1n) is 8.38. The number of hydrogen-bond donors (Lipinski definition) is 4. The molecule has 0 heterocycles. The molecule has 4 heteroatoms. The molecule has 0 fully saturated rings. The normalized spacial score (nSPS) is 12.8. The van der Waals surface area contributed by atoms with Gasteiger partial charge in [-0.15, -0.1) is 0 Å². The molecular formula is C20H28O4. The zero-order valence-electron chi connectivity index (χ0n) is 14.8. The molecule has 0 spiro atoms. The third-order valence-electron chi connectivity index (χ3n) is 4.17. The lowest BCUT2D eigenvalue weighted by Gasteiger charge is -2.20. The highest BCUT2D eigenvalue weighted by molar-refractivity contribution is 5.41. The van der Waals surface area contributed by atoms with Gasteiger partial charge in [0.05, 0.1) is 0 Å². The van der Waals surface area contributed by atoms with E-state index in [2.05, 4.69) is 13.8 Å². The highest BCUT2D eigenvalue weighted by atomic mass is 16.3. The summed E-state index contributed by atoms with van der Waals surface area (Å²) in [7, 11) is 0. The third kappa shape index (κ3) is 5.37. The molecule has 132 valence electrons. The molecule has 0 saturated heterocycles. The standard InChI is InChI=1S/C18H22O4.C2H6/c1-11(7-13-3-5-15(19)17(21)9-13)12(2)8-14-4-6-16(20)18(22)10-14;1-2/h3-6,9-12,19-22H,7-8H2,1-2H3;1-2H3/t11-,12+;. The van der Waals surface area contributed by atoms with Crippen molar-refractivity contribution in [2.45, 2.75) is 40.5 Å². The molecule has 4 N–H and O–H groups in total. The van der Waals surface area contributed by atoms with Crippen molar-refractivity contribution in [2.75, 3.05) is 0 Å². The molecule has 0 radical (unpaired) electrons. The van der Waals surface area contributed by atoms with Gasteiger partial charge in [-0.2, -0.15) is 0 Å². The summed E-state index contributed by atoms with van der Waals surface area (Å²) in [6.07, 6.45) is 1.58. The Hall–Kier alpha value is -2.36. The largest absolute Gasteiger partial charge is 0.504 e. The van der Waals surface area contributed by atoms with Crippen LogP contribution in [0, 0.1) is 11.8 Å². The summed E-state index contributed by atoms with van der Waals surface area (Å²) < 4.78 is 0. The zero-order chi connectivity index (χ0) is 18.3. The molecule has 2 rings (SSSR count). The van der Waals surface area contributed by atoms with Gasteiger partial charge in [0.15, 0.2) is 23.0 Å². The minimum Gasteiger partial charge on any atom is -0.504 e. The Kier molecular flexibility index (Phi) is 7.43. The van der Waals surface area contributed by atoms with Crippen LogP contribution in [-0.4, -0.2) is 20.4 Å². The molecule has 4 nitrogen and oxygen atoms in total. The molecule has 2 atom stereocenters. The van der Waals surface area contributed by atoms with E-state index >= 15 is 0 Å². The van der Waals surface area contributed by atoms with Gasteiger partial charge >= 0.3 is 0 Å². The van der Waals surface area contributed by atoms with Crippen molar-refractivity contribution in [3.05, 3.63) is 47.5 Å². The highest BCUT2D eigenvalue weighted by Gasteiger charge is 2.15. The summed E-state index contributed by atoms with van der Waals surface area (Å²) in [5.41, 5.74) is 1.95. The molecule has 0 amide bonds. The molecule has 2 aromatic rings. The molecule has 0 aliphatic rings. The second-order valence-electron chi connectivity index (χ2n) is 6.01. The maximum atomic E-state index is 9.54. The predicted octanol–water partition coefficient (Wildman–Crippen LogP) is 4.59. The summed E-state index contributed by atoms with van der Waals surface area (Å²) in [4.78, 5) is 0. The lowest BCUT2D eigenvalue weighted by molar-refractivity contribution is 0.377. The van der Waals surface area contributed by atoms with Crippen molar-refractivity contribution < 1.29 is 20.4 Å². The van der Waals surface area contributed by atoms with Gasteiger partial charge in [0.25, 0.3) is 0 Å². The second-order valence-corrected chi connectivity index (χ2v) is 6.01. The Morgan fingerprint density at radius 3 is 1.25 bits per heavy atom. The van der Waals surface area contributed by atoms with E-state index < -0.39 is 0 Å². The Morgan fingerprint density at radius 2 is 0.958 bits per heavy atom. The molecule has 0 saturated carbocycles. The number of phenolic OH excluding ortho intramolecular Hbond substituents is 4. The molecule has 0 bridgehead atoms. The first kappa shape index (κ1) is 19.7. The van der Waals surface area contributed by atoms with Crippen molar-refractivity contribution in [2.24, 2.45) is 11.8 Å². The average molecular weight is 332 g/mol. The van der Waals surface area contributed by atoms with Crippen molar-refractivity contribution in [1.29, 1.82) is 0 Å². The number of aromatic hydroxyl groups is 4. The van der Waals surface area contributed by atoms with Crippen molar-refractivity contribution in [3.63, 3.8) is 0 Å². The first-order valence-corrected chi connectivity index (χ1v) is 8.38. The van der Waals surface area contributed by atoms with Gasteiger partial charge in [0.1, 0.15) is 0 Å². The van der Waals surface area contributed by atoms with Gasteiger partial charge in [-0.1, -0.05) is 39.8 Å². The summed E-state index contributed by atoms with van der Waals surface area (Å²) in [6.45, 7) is 8.27. The fourth-order valence-electron chi connectivity index (χ4n) is 2.54. The molecule has 0 aromatic heterocycles. The Bertz CT molecular complexity index is 595. The van der Waals surface area contributed by atoms with Crippen LogP contribution in [-0.2, 0) is 12.8 Å². The molecule has 24 heavy (non-hydrogen) atoms. The van der Waals surface area contributed by atoms with Crippen LogP contribution < -0.4 is 0 Å². The van der Waals surface area contributed by atoms with Gasteiger partial charge < -0.3 is 20.4 Å². The Labute approximate surface area is 144 Å². The SMILES string of the molecule is CC.C[C@H](Cc1ccc(O)c(O)c1)[C@@H](C)Cc1ccc(O)c(O)c1. The Balaban J connectivity index is 0.00000139. The fourth-order valence-corrected chi connectivity index (χ4v) is 2.54. The summed E-state index contributed by atoms with van der Waals surface area (Å²) in [5.74, 6) is 0.314. The van der Waals surface area contributed by atoms with Gasteiger partial charge in [-0.3, -0.25) is 0 Å². The topological polar surface area (TPSA) is 80.9 Å². The second kappa shape index (κ2) is 9.06. The van der Waals surface area contributed by atoms with Crippen LogP contribution in [0.15, 0.2) is 36.4 Å². The first-order chi connectivity index (χ1) is 11.4. The number of benzene rings is 2. The van der Waals surface area contributed by atoms with E-state index in [0.717, 1.165) is 24.0 Å². The van der Waals surface area contributed by atoms with E-state index in [0.29, 0.717) is 11.8 Å². The maximum absolute atomic E-state index is 9.54. The summed E-state index contributed by atoms with van der Waals surface area (Å²) in [5, 5.41) is 37.8. The smallest absolute Gasteiger partial charge is 0.157 e. The van der Waals surface area contributed by atoms with E-state index in [1.165, 1.54) is 12.1 Å². The van der Waals surface area contributed by atoms with E-state index in [1.807, 2.05) is 26.0 Å². The van der Waals surface area contributed by atoms with Crippen LogP contribution in [0.25, 0.3) is 0 Å². The minimum absolute atomic E-state index is 0.0965. The van der Waals surface area contributed by atoms with Gasteiger partial charge in [0.2, 0.25) is 0 Å². The quantitative estimate of drug-likeness (QED) is 0.604. The molecule has 0 aliphatic carbocycles. The third-order valence-corrected chi connectivity index (χ3v) is 4.17. The molecule has 2 aromatic carbocycles. The molecular weight excluding hydrogens is 304 g/mol. The number of phenols is 4. The van der Waals surface area contributed by atoms with E-state index in [4.69, 9.17) is 0 Å². The lowest BCUT2D eigenvalue weighted by atomic mass is 9.85. The van der Waals surface area contributed by atoms with Crippen LogP contribution in [0.2, 0.25) is 0 Å². The summed E-state index contributed by atoms with van der Waals surface area (Å²) >= 11 is 0. The monoisotopic (exact) mass is 332 g/mol. The van der Waals surface area contributed by atoms with Crippen LogP contribution in [0.1, 0.15) is 38.8 Å². The van der Waals surface area contributed by atoms with Crippen molar-refractivity contribution >= 4 is 0 Å². The van der Waals surface area contributed by atoms with Crippen LogP contribution in [0.5, 0.6) is 23.0 Å². The lowest BCUT2D eigenvalue weighted by Crippen LogP contribution is -2.13. The number of hydrogen-bond acceptors (Lipinski definition) is 4. The van der Waals surface area contributed by atoms with Crippen LogP contribution in [0.4, 0.5) is 0 Å². The Morgan fingerprint density at radius 1 is 0.625 bits per heavy atom. The van der Waals surface area contributed by atoms with Crippen LogP contribution in [0.3, 0.4) is 0 Å². The molecule has 0 aliphatic heterocycles. The average Bonchev–Trinajstić information content (AvgIpc) is 2.56. The van der Waals surface area contributed by atoms with Gasteiger partial charge in [0, 0.05) is 0 Å². The highest BCUT2D eigenvalue weighted by Crippen LogP contribution is 2.30. The van der Waals surface area contributed by atoms with Crippen molar-refractivity contribution in [3.8, 4) is 23.0 Å². The summed E-state index contributed by atoms with van der Waals surface area (Å²) in [6, 6.07) is 9.80. The minimum atomic E-state index is -0.107. The van der Waals surface area contributed by atoms with Crippen LogP contribution >= 0.6 is 0 Å². The van der Waals surface area contributed by atoms with Crippen molar-refractivity contribution in [1.82, 2.24) is 0 Å². The van der Waals surface area contributed by atoms with Gasteiger partial charge in [-0.05, 0) is 60.1 Å². The van der Waals surface area contributed by atoms with E-state index in [1.54, 1.807) is 12.1 Å². The molecule has 0 unspecified atom stereocenters. The van der Waals surface area contributed by atoms with E-state index in [9.17, 15) is 20.4 Å².